The number of nitrogens with zero attached hydrogens (tertiary/aromatic N) is 3. The van der Waals surface area contributed by atoms with E-state index in [0.717, 1.165) is 22.3 Å². The van der Waals surface area contributed by atoms with Gasteiger partial charge >= 0.3 is 0 Å². The van der Waals surface area contributed by atoms with Gasteiger partial charge in [-0.25, -0.2) is 4.90 Å². The molecule has 0 bridgehead atoms. The van der Waals surface area contributed by atoms with E-state index in [4.69, 9.17) is 11.6 Å². The van der Waals surface area contributed by atoms with Gasteiger partial charge in [0.15, 0.2) is 0 Å². The molecule has 0 spiro atoms. The molecule has 1 N–H and O–H groups in total. The van der Waals surface area contributed by atoms with Crippen molar-refractivity contribution in [1.82, 2.24) is 5.01 Å². The third-order valence-corrected chi connectivity index (χ3v) is 7.52. The highest BCUT2D eigenvalue weighted by molar-refractivity contribution is 6.30. The Kier molecular flexibility index (Phi) is 5.19. The fraction of sp³-hybridized carbons (Fsp3) is 0.214. The normalized spacial score (nSPS) is 24.0. The predicted octanol–water partition coefficient (Wildman–Crippen LogP) is 4.47. The highest BCUT2D eigenvalue weighted by Gasteiger charge is 2.65. The first-order valence-electron chi connectivity index (χ1n) is 11.8. The summed E-state index contributed by atoms with van der Waals surface area (Å²) in [7, 11) is 0. The predicted molar refractivity (Wildman–Crippen MR) is 138 cm³/mol. The van der Waals surface area contributed by atoms with E-state index >= 15 is 0 Å². The molecule has 0 saturated carbocycles. The number of benzene rings is 3. The Morgan fingerprint density at radius 1 is 0.944 bits per heavy atom. The van der Waals surface area contributed by atoms with Gasteiger partial charge < -0.3 is 5.32 Å². The van der Waals surface area contributed by atoms with Crippen molar-refractivity contribution in [1.29, 1.82) is 0 Å². The van der Waals surface area contributed by atoms with Crippen LogP contribution in [-0.4, -0.2) is 35.0 Å². The SMILES string of the molecule is Cc1ccc(N2C(=O)[C@H]3[C@@H](C2=O)C2c4ccccc4C=NN2[C@H]3C(=O)Nc2ccc(Cl)cc2)c(C)c1. The average Bonchev–Trinajstić information content (AvgIpc) is 3.34. The summed E-state index contributed by atoms with van der Waals surface area (Å²) in [5.74, 6) is -2.69. The maximum absolute atomic E-state index is 13.9. The molecule has 0 radical (unpaired) electrons. The van der Waals surface area contributed by atoms with Crippen molar-refractivity contribution in [3.8, 4) is 0 Å². The fourth-order valence-corrected chi connectivity index (χ4v) is 5.84. The molecule has 180 valence electrons. The number of carbonyl (C=O) groups excluding carboxylic acids is 3. The van der Waals surface area contributed by atoms with E-state index in [0.29, 0.717) is 16.4 Å². The summed E-state index contributed by atoms with van der Waals surface area (Å²) in [6.45, 7) is 3.85. The Labute approximate surface area is 213 Å². The van der Waals surface area contributed by atoms with E-state index < -0.39 is 29.8 Å². The minimum atomic E-state index is -0.951. The van der Waals surface area contributed by atoms with Crippen LogP contribution in [0.5, 0.6) is 0 Å². The number of halogens is 1. The number of hydrazone groups is 1. The summed E-state index contributed by atoms with van der Waals surface area (Å²) in [6, 6.07) is 18.6. The first kappa shape index (κ1) is 22.5. The molecule has 3 aromatic rings. The summed E-state index contributed by atoms with van der Waals surface area (Å²) >= 11 is 5.99. The Morgan fingerprint density at radius 3 is 2.42 bits per heavy atom. The molecule has 6 rings (SSSR count). The molecule has 0 aliphatic carbocycles. The van der Waals surface area contributed by atoms with E-state index in [-0.39, 0.29) is 11.8 Å². The molecular formula is C28H23ClN4O3. The van der Waals surface area contributed by atoms with E-state index in [9.17, 15) is 14.4 Å². The van der Waals surface area contributed by atoms with Crippen LogP contribution in [0.1, 0.15) is 28.3 Å². The molecular weight excluding hydrogens is 476 g/mol. The molecule has 4 atom stereocenters. The molecule has 3 heterocycles. The van der Waals surface area contributed by atoms with Crippen molar-refractivity contribution in [3.63, 3.8) is 0 Å². The Balaban J connectivity index is 1.45. The zero-order valence-corrected chi connectivity index (χ0v) is 20.4. The number of rotatable bonds is 3. The van der Waals surface area contributed by atoms with Gasteiger partial charge in [0.2, 0.25) is 17.7 Å². The summed E-state index contributed by atoms with van der Waals surface area (Å²) < 4.78 is 0. The lowest BCUT2D eigenvalue weighted by atomic mass is 9.85. The standard InChI is InChI=1S/C28H23ClN4O3/c1-15-7-12-21(16(2)13-15)32-27(35)22-23(28(32)36)25(26(34)31-19-10-8-18(29)9-11-19)33-24(22)20-6-4-3-5-17(20)14-30-33/h3-14,22-25H,1-2H3,(H,31,34)/t22-,23+,24?,25-/m1/s1. The van der Waals surface area contributed by atoms with Crippen molar-refractivity contribution >= 4 is 46.9 Å². The smallest absolute Gasteiger partial charge is 0.249 e. The first-order valence-corrected chi connectivity index (χ1v) is 12.2. The molecule has 2 fully saturated rings. The highest BCUT2D eigenvalue weighted by atomic mass is 35.5. The minimum absolute atomic E-state index is 0.305. The van der Waals surface area contributed by atoms with Gasteiger partial charge in [-0.2, -0.15) is 5.10 Å². The summed E-state index contributed by atoms with van der Waals surface area (Å²) in [4.78, 5) is 42.8. The molecule has 0 aromatic heterocycles. The molecule has 36 heavy (non-hydrogen) atoms. The second-order valence-electron chi connectivity index (χ2n) is 9.49. The van der Waals surface area contributed by atoms with Crippen LogP contribution >= 0.6 is 11.6 Å². The quantitative estimate of drug-likeness (QED) is 0.540. The number of carbonyl (C=O) groups is 3. The third kappa shape index (κ3) is 3.34. The largest absolute Gasteiger partial charge is 0.324 e. The van der Waals surface area contributed by atoms with Gasteiger partial charge in [-0.15, -0.1) is 0 Å². The van der Waals surface area contributed by atoms with Crippen LogP contribution in [0.3, 0.4) is 0 Å². The summed E-state index contributed by atoms with van der Waals surface area (Å²) in [5, 5.41) is 9.65. The molecule has 8 heteroatoms. The second-order valence-corrected chi connectivity index (χ2v) is 9.93. The van der Waals surface area contributed by atoms with Gasteiger partial charge in [-0.1, -0.05) is 53.6 Å². The summed E-state index contributed by atoms with van der Waals surface area (Å²) in [5.41, 5.74) is 4.74. The minimum Gasteiger partial charge on any atom is -0.324 e. The number of hydrogen-bond donors (Lipinski definition) is 1. The van der Waals surface area contributed by atoms with Crippen LogP contribution < -0.4 is 10.2 Å². The zero-order chi connectivity index (χ0) is 25.1. The van der Waals surface area contributed by atoms with Crippen LogP contribution in [0.2, 0.25) is 5.02 Å². The topological polar surface area (TPSA) is 82.1 Å². The van der Waals surface area contributed by atoms with Crippen LogP contribution in [0.4, 0.5) is 11.4 Å². The number of amides is 3. The van der Waals surface area contributed by atoms with Crippen LogP contribution in [-0.2, 0) is 14.4 Å². The highest BCUT2D eigenvalue weighted by Crippen LogP contribution is 2.53. The number of nitrogens with one attached hydrogen (secondary N) is 1. The van der Waals surface area contributed by atoms with Crippen LogP contribution in [0.15, 0.2) is 71.8 Å². The molecule has 7 nitrogen and oxygen atoms in total. The molecule has 2 saturated heterocycles. The van der Waals surface area contributed by atoms with Crippen LogP contribution in [0.25, 0.3) is 0 Å². The first-order chi connectivity index (χ1) is 17.3. The van der Waals surface area contributed by atoms with Gasteiger partial charge in [0, 0.05) is 10.7 Å². The van der Waals surface area contributed by atoms with Gasteiger partial charge in [0.25, 0.3) is 0 Å². The van der Waals surface area contributed by atoms with Gasteiger partial charge in [-0.3, -0.25) is 19.4 Å². The molecule has 3 aliphatic rings. The molecule has 3 aliphatic heterocycles. The number of imide groups is 1. The third-order valence-electron chi connectivity index (χ3n) is 7.27. The lowest BCUT2D eigenvalue weighted by Crippen LogP contribution is -2.46. The zero-order valence-electron chi connectivity index (χ0n) is 19.7. The summed E-state index contributed by atoms with van der Waals surface area (Å²) in [6.07, 6.45) is 1.69. The monoisotopic (exact) mass is 498 g/mol. The number of hydrogen-bond acceptors (Lipinski definition) is 5. The van der Waals surface area contributed by atoms with Gasteiger partial charge in [0.05, 0.1) is 29.8 Å². The molecule has 3 amide bonds. The van der Waals surface area contributed by atoms with Gasteiger partial charge in [0.1, 0.15) is 6.04 Å². The Morgan fingerprint density at radius 2 is 1.67 bits per heavy atom. The van der Waals surface area contributed by atoms with Crippen molar-refractivity contribution < 1.29 is 14.4 Å². The lowest BCUT2D eigenvalue weighted by molar-refractivity contribution is -0.129. The van der Waals surface area contributed by atoms with Crippen molar-refractivity contribution in [3.05, 3.63) is 94.0 Å². The van der Waals surface area contributed by atoms with E-state index in [1.807, 2.05) is 50.2 Å². The molecule has 3 aromatic carbocycles. The fourth-order valence-electron chi connectivity index (χ4n) is 5.71. The van der Waals surface area contributed by atoms with E-state index in [1.54, 1.807) is 41.6 Å². The van der Waals surface area contributed by atoms with E-state index in [1.165, 1.54) is 4.90 Å². The van der Waals surface area contributed by atoms with Crippen LogP contribution in [0, 0.1) is 25.7 Å². The average molecular weight is 499 g/mol. The maximum Gasteiger partial charge on any atom is 0.249 e. The Bertz CT molecular complexity index is 1450. The molecule has 1 unspecified atom stereocenters. The number of aryl methyl sites for hydroxylation is 2. The Hall–Kier alpha value is -3.97. The van der Waals surface area contributed by atoms with Gasteiger partial charge in [-0.05, 0) is 60.9 Å². The van der Waals surface area contributed by atoms with Crippen molar-refractivity contribution in [2.45, 2.75) is 25.9 Å². The second kappa shape index (κ2) is 8.31. The van der Waals surface area contributed by atoms with E-state index in [2.05, 4.69) is 10.4 Å². The van der Waals surface area contributed by atoms with Crippen molar-refractivity contribution in [2.24, 2.45) is 16.9 Å². The number of fused-ring (bicyclic) bond motifs is 5. The lowest BCUT2D eigenvalue weighted by Gasteiger charge is -2.33. The van der Waals surface area contributed by atoms with Crippen molar-refractivity contribution in [2.75, 3.05) is 10.2 Å². The maximum atomic E-state index is 13.9. The number of anilines is 2.